The van der Waals surface area contributed by atoms with E-state index in [1.165, 1.54) is 182 Å². The Morgan fingerprint density at radius 2 is 0.671 bits per heavy atom. The minimum absolute atomic E-state index is 1.12. The van der Waals surface area contributed by atoms with Gasteiger partial charge in [-0.3, -0.25) is 0 Å². The van der Waals surface area contributed by atoms with Crippen molar-refractivity contribution < 1.29 is 0 Å². The summed E-state index contributed by atoms with van der Waals surface area (Å²) in [6.45, 7) is 6.70. The van der Waals surface area contributed by atoms with E-state index in [0.717, 1.165) is 6.42 Å². The fourth-order valence-corrected chi connectivity index (χ4v) is 15.5. The van der Waals surface area contributed by atoms with Gasteiger partial charge in [0.25, 0.3) is 0 Å². The average molecular weight is 993 g/mol. The number of hydrogen-bond acceptors (Lipinski definition) is 3. The van der Waals surface area contributed by atoms with Gasteiger partial charge in [-0.2, -0.15) is 0 Å². The number of aryl methyl sites for hydroxylation is 3. The van der Waals surface area contributed by atoms with E-state index in [9.17, 15) is 0 Å². The second-order valence-electron chi connectivity index (χ2n) is 20.1. The lowest BCUT2D eigenvalue weighted by atomic mass is 9.90. The van der Waals surface area contributed by atoms with Gasteiger partial charge in [0.05, 0.1) is 0 Å². The molecule has 3 heteroatoms. The molecule has 0 fully saturated rings. The summed E-state index contributed by atoms with van der Waals surface area (Å²) in [6.07, 6.45) is 8.97. The van der Waals surface area contributed by atoms with Crippen LogP contribution in [0.2, 0.25) is 0 Å². The first-order valence-electron chi connectivity index (χ1n) is 26.2. The molecule has 0 bridgehead atoms. The Kier molecular flexibility index (Phi) is 12.1. The monoisotopic (exact) mass is 992 g/mol. The van der Waals surface area contributed by atoms with Gasteiger partial charge < -0.3 is 0 Å². The topological polar surface area (TPSA) is 0 Å². The highest BCUT2D eigenvalue weighted by Gasteiger charge is 2.24. The molecule has 354 valence electrons. The molecule has 0 unspecified atom stereocenters. The third kappa shape index (κ3) is 8.38. The zero-order valence-corrected chi connectivity index (χ0v) is 44.2. The number of fused-ring (bicyclic) bond motifs is 12. The Morgan fingerprint density at radius 3 is 1.08 bits per heavy atom. The predicted molar refractivity (Wildman–Crippen MR) is 324 cm³/mol. The minimum atomic E-state index is 1.12. The highest BCUT2D eigenvalue weighted by atomic mass is 32.1. The second kappa shape index (κ2) is 19.4. The van der Waals surface area contributed by atoms with Crippen molar-refractivity contribution in [3.8, 4) is 66.8 Å². The maximum atomic E-state index is 2.53. The summed E-state index contributed by atoms with van der Waals surface area (Å²) in [5.74, 6) is 0. The molecule has 0 radical (unpaired) electrons. The number of hydrogen-bond donors (Lipinski definition) is 0. The summed E-state index contributed by atoms with van der Waals surface area (Å²) in [5.41, 5.74) is 19.2. The first kappa shape index (κ1) is 45.7. The van der Waals surface area contributed by atoms with Crippen molar-refractivity contribution >= 4 is 94.5 Å². The molecular weight excluding hydrogens is 937 g/mol. The van der Waals surface area contributed by atoms with E-state index in [-0.39, 0.29) is 0 Å². The van der Waals surface area contributed by atoms with E-state index in [0.29, 0.717) is 0 Å². The molecule has 0 spiro atoms. The fourth-order valence-electron chi connectivity index (χ4n) is 11.5. The van der Waals surface area contributed by atoms with Crippen molar-refractivity contribution in [2.24, 2.45) is 0 Å². The molecule has 0 atom stereocenters. The molecule has 0 saturated carbocycles. The Labute approximate surface area is 440 Å². The van der Waals surface area contributed by atoms with Crippen molar-refractivity contribution in [2.45, 2.75) is 65.7 Å². The molecule has 13 rings (SSSR count). The summed E-state index contributed by atoms with van der Waals surface area (Å²) < 4.78 is 8.15. The molecule has 0 amide bonds. The van der Waals surface area contributed by atoms with Gasteiger partial charge in [-0.15, -0.1) is 34.0 Å². The average Bonchev–Trinajstić information content (AvgIpc) is 4.14. The summed E-state index contributed by atoms with van der Waals surface area (Å²) in [5, 5.41) is 8.17. The first-order valence-corrected chi connectivity index (χ1v) is 28.6. The van der Waals surface area contributed by atoms with Crippen LogP contribution in [0.25, 0.3) is 127 Å². The molecule has 0 saturated heterocycles. The molecule has 0 aliphatic rings. The van der Waals surface area contributed by atoms with Crippen LogP contribution in [-0.2, 0) is 6.42 Å². The van der Waals surface area contributed by atoms with E-state index < -0.39 is 0 Å². The maximum absolute atomic E-state index is 2.53. The Hall–Kier alpha value is -7.14. The Morgan fingerprint density at radius 1 is 0.301 bits per heavy atom. The normalized spacial score (nSPS) is 11.9. The van der Waals surface area contributed by atoms with Crippen LogP contribution in [-0.4, -0.2) is 0 Å². The molecule has 10 aromatic carbocycles. The Balaban J connectivity index is 1.05. The molecule has 73 heavy (non-hydrogen) atoms. The van der Waals surface area contributed by atoms with Crippen LogP contribution in [0, 0.1) is 13.8 Å². The standard InChI is InChI=1S/C70H56S3/c1-4-5-6-7-8-12-19-46-28-34-55(58(40-46)49-24-17-11-18-25-49)52-31-37-64-61(43-52)67-69-65(60-42-51(30-36-63(60)72-69)54-33-27-45(3)39-57(54)48-22-15-10-16-23-48)68-66(70(67)73-64)59-41-50(29-35-62(59)71-68)53-32-26-44(2)38-56(53)47-20-13-9-14-21-47/h9-11,13-18,20-43H,4-8,12,19H2,1-3H3. The molecule has 0 nitrogen and oxygen atoms in total. The number of thiophene rings is 3. The van der Waals surface area contributed by atoms with E-state index >= 15 is 0 Å². The summed E-state index contributed by atoms with van der Waals surface area (Å²) in [6, 6.07) is 75.9. The molecular formula is C70H56S3. The van der Waals surface area contributed by atoms with Crippen LogP contribution in [0.5, 0.6) is 0 Å². The number of unbranched alkanes of at least 4 members (excludes halogenated alkanes) is 5. The maximum Gasteiger partial charge on any atom is 0.0463 e. The molecule has 13 aromatic rings. The van der Waals surface area contributed by atoms with Crippen LogP contribution in [0.4, 0.5) is 0 Å². The van der Waals surface area contributed by atoms with Crippen molar-refractivity contribution in [3.05, 3.63) is 217 Å². The van der Waals surface area contributed by atoms with Gasteiger partial charge in [0.15, 0.2) is 0 Å². The number of rotatable bonds is 13. The molecule has 0 aliphatic carbocycles. The van der Waals surface area contributed by atoms with Crippen LogP contribution in [0.15, 0.2) is 200 Å². The summed E-state index contributed by atoms with van der Waals surface area (Å²) >= 11 is 5.92. The fraction of sp³-hybridized carbons (Fsp3) is 0.143. The van der Waals surface area contributed by atoms with Crippen molar-refractivity contribution in [1.82, 2.24) is 0 Å². The third-order valence-electron chi connectivity index (χ3n) is 15.2. The SMILES string of the molecule is CCCCCCCCc1ccc(-c2ccc3sc4c5c6cc(-c7ccc(C)cc7-c7ccccc7)ccc6sc5c5c6cc(-c7ccc(C)cc7-c7ccccc7)ccc6sc5c4c3c2)c(-c2ccccc2)c1. The number of benzene rings is 10. The van der Waals surface area contributed by atoms with Gasteiger partial charge in [0.2, 0.25) is 0 Å². The molecule has 0 aliphatic heterocycles. The predicted octanol–water partition coefficient (Wildman–Crippen LogP) is 22.3. The Bertz CT molecular complexity index is 4060. The zero-order chi connectivity index (χ0) is 49.0. The van der Waals surface area contributed by atoms with Crippen molar-refractivity contribution in [2.75, 3.05) is 0 Å². The third-order valence-corrected chi connectivity index (χ3v) is 18.8. The minimum Gasteiger partial charge on any atom is -0.134 e. The van der Waals surface area contributed by atoms with Gasteiger partial charge in [-0.05, 0) is 135 Å². The molecule has 3 heterocycles. The first-order chi connectivity index (χ1) is 36.0. The quantitative estimate of drug-likeness (QED) is 0.101. The molecule has 0 N–H and O–H groups in total. The van der Waals surface area contributed by atoms with Gasteiger partial charge in [0, 0.05) is 60.5 Å². The van der Waals surface area contributed by atoms with Crippen LogP contribution >= 0.6 is 34.0 Å². The van der Waals surface area contributed by atoms with Crippen LogP contribution < -0.4 is 0 Å². The van der Waals surface area contributed by atoms with Gasteiger partial charge >= 0.3 is 0 Å². The van der Waals surface area contributed by atoms with E-state index in [2.05, 4.69) is 221 Å². The summed E-state index contributed by atoms with van der Waals surface area (Å²) in [7, 11) is 0. The smallest absolute Gasteiger partial charge is 0.0463 e. The van der Waals surface area contributed by atoms with Crippen LogP contribution in [0.1, 0.15) is 62.1 Å². The van der Waals surface area contributed by atoms with Gasteiger partial charge in [-0.25, -0.2) is 0 Å². The van der Waals surface area contributed by atoms with Gasteiger partial charge in [-0.1, -0.05) is 214 Å². The van der Waals surface area contributed by atoms with E-state index in [1.54, 1.807) is 0 Å². The highest BCUT2D eigenvalue weighted by molar-refractivity contribution is 7.33. The molecule has 3 aromatic heterocycles. The van der Waals surface area contributed by atoms with Crippen LogP contribution in [0.3, 0.4) is 0 Å². The highest BCUT2D eigenvalue weighted by Crippen LogP contribution is 2.55. The van der Waals surface area contributed by atoms with E-state index in [1.807, 2.05) is 34.0 Å². The van der Waals surface area contributed by atoms with E-state index in [4.69, 9.17) is 0 Å². The lowest BCUT2D eigenvalue weighted by Gasteiger charge is -2.13. The van der Waals surface area contributed by atoms with Gasteiger partial charge in [0.1, 0.15) is 0 Å². The largest absolute Gasteiger partial charge is 0.134 e. The summed E-state index contributed by atoms with van der Waals surface area (Å²) in [4.78, 5) is 0. The second-order valence-corrected chi connectivity index (χ2v) is 23.3. The zero-order valence-electron chi connectivity index (χ0n) is 41.7. The van der Waals surface area contributed by atoms with Crippen molar-refractivity contribution in [3.63, 3.8) is 0 Å². The van der Waals surface area contributed by atoms with Crippen molar-refractivity contribution in [1.29, 1.82) is 0 Å². The lowest BCUT2D eigenvalue weighted by Crippen LogP contribution is -1.91. The lowest BCUT2D eigenvalue weighted by molar-refractivity contribution is 0.607.